The molecule has 0 bridgehead atoms. The zero-order valence-electron chi connectivity index (χ0n) is 14.7. The minimum atomic E-state index is -0.956. The monoisotopic (exact) mass is 376 g/mol. The number of nitrogens with one attached hydrogen (secondary N) is 1. The molecule has 2 aromatic carbocycles. The minimum absolute atomic E-state index is 0.158. The Bertz CT molecular complexity index is 1210. The van der Waals surface area contributed by atoms with Crippen LogP contribution in [0.15, 0.2) is 66.9 Å². The Labute approximate surface area is 159 Å². The van der Waals surface area contributed by atoms with Crippen LogP contribution in [0.4, 0.5) is 14.6 Å². The molecular weight excluding hydrogens is 360 g/mol. The number of rotatable bonds is 3. The van der Waals surface area contributed by atoms with Crippen LogP contribution in [0.25, 0.3) is 22.2 Å². The number of nitrogen functional groups attached to an aromatic ring is 1. The molecule has 2 aromatic heterocycles. The molecule has 28 heavy (non-hydrogen) atoms. The van der Waals surface area contributed by atoms with Gasteiger partial charge in [-0.3, -0.25) is 4.98 Å². The van der Waals surface area contributed by atoms with E-state index < -0.39 is 11.6 Å². The summed E-state index contributed by atoms with van der Waals surface area (Å²) in [4.78, 5) is 4.28. The first-order valence-electron chi connectivity index (χ1n) is 8.57. The number of pyridine rings is 1. The average molecular weight is 376 g/mol. The van der Waals surface area contributed by atoms with Gasteiger partial charge in [0.05, 0.1) is 11.9 Å². The molecule has 3 N–H and O–H groups in total. The molecule has 0 aliphatic carbocycles. The van der Waals surface area contributed by atoms with Gasteiger partial charge in [-0.15, -0.1) is 9.78 Å². The summed E-state index contributed by atoms with van der Waals surface area (Å²) in [5, 5.41) is 13.7. The van der Waals surface area contributed by atoms with E-state index in [-0.39, 0.29) is 11.7 Å². The van der Waals surface area contributed by atoms with E-state index >= 15 is 0 Å². The van der Waals surface area contributed by atoms with Crippen molar-refractivity contribution in [2.45, 2.75) is 6.42 Å². The zero-order valence-corrected chi connectivity index (χ0v) is 14.7. The fourth-order valence-corrected chi connectivity index (χ4v) is 2.96. The summed E-state index contributed by atoms with van der Waals surface area (Å²) in [6, 6.07) is 16.3. The van der Waals surface area contributed by atoms with E-state index in [9.17, 15) is 8.78 Å². The van der Waals surface area contributed by atoms with Gasteiger partial charge < -0.3 is 5.73 Å². The van der Waals surface area contributed by atoms with Crippen molar-refractivity contribution in [2.75, 3.05) is 5.73 Å². The predicted molar refractivity (Wildman–Crippen MR) is 103 cm³/mol. The van der Waals surface area contributed by atoms with Crippen LogP contribution in [0.5, 0.6) is 0 Å². The van der Waals surface area contributed by atoms with E-state index in [1.54, 1.807) is 18.3 Å². The molecule has 138 valence electrons. The summed E-state index contributed by atoms with van der Waals surface area (Å²) in [6.45, 7) is 0. The Hall–Kier alpha value is -3.74. The van der Waals surface area contributed by atoms with Crippen molar-refractivity contribution in [2.24, 2.45) is 0 Å². The number of halogens is 2. The van der Waals surface area contributed by atoms with Gasteiger partial charge in [0.2, 0.25) is 5.82 Å². The first-order chi connectivity index (χ1) is 13.5. The number of hydrogen-bond acceptors (Lipinski definition) is 4. The normalized spacial score (nSPS) is 10.9. The number of anilines is 1. The topological polar surface area (TPSA) is 79.5 Å². The van der Waals surface area contributed by atoms with Crippen molar-refractivity contribution in [3.05, 3.63) is 84.1 Å². The number of hydrogen-bond donors (Lipinski definition) is 2. The number of nitrogens with two attached hydrogens (primary N) is 1. The maximum absolute atomic E-state index is 13.5. The molecule has 0 atom stereocenters. The summed E-state index contributed by atoms with van der Waals surface area (Å²) in [5.74, 6) is -1.45. The van der Waals surface area contributed by atoms with Gasteiger partial charge in [-0.1, -0.05) is 12.1 Å². The van der Waals surface area contributed by atoms with Gasteiger partial charge in [-0.05, 0) is 48.0 Å². The molecule has 0 saturated heterocycles. The van der Waals surface area contributed by atoms with E-state index in [0.717, 1.165) is 28.6 Å². The molecular formula is C21H16F2N5+. The molecule has 7 heteroatoms. The van der Waals surface area contributed by atoms with Crippen LogP contribution >= 0.6 is 0 Å². The Morgan fingerprint density at radius 2 is 1.86 bits per heavy atom. The van der Waals surface area contributed by atoms with Gasteiger partial charge in [0, 0.05) is 23.2 Å². The van der Waals surface area contributed by atoms with Crippen molar-refractivity contribution in [1.82, 2.24) is 10.1 Å². The summed E-state index contributed by atoms with van der Waals surface area (Å²) < 4.78 is 28.0. The minimum Gasteiger partial charge on any atom is -0.317 e. The highest BCUT2D eigenvalue weighted by Gasteiger charge is 2.16. The number of aromatic nitrogens is 3. The second kappa shape index (κ2) is 7.11. The van der Waals surface area contributed by atoms with Crippen LogP contribution in [0.3, 0.4) is 0 Å². The lowest BCUT2D eigenvalue weighted by Gasteiger charge is -2.07. The predicted octanol–water partition coefficient (Wildman–Crippen LogP) is 3.51. The molecule has 4 aromatic rings. The molecule has 0 spiro atoms. The second-order valence-corrected chi connectivity index (χ2v) is 6.34. The lowest BCUT2D eigenvalue weighted by Crippen LogP contribution is -2.49. The molecule has 0 unspecified atom stereocenters. The van der Waals surface area contributed by atoms with Gasteiger partial charge in [0.25, 0.3) is 5.84 Å². The molecule has 4 rings (SSSR count). The van der Waals surface area contributed by atoms with Crippen molar-refractivity contribution < 1.29 is 13.5 Å². The quantitative estimate of drug-likeness (QED) is 0.326. The SMILES string of the molecule is N=C(Cc1ccc2ncccc2c1)[n+]1nc(-c2ccc(F)c(F)c2)ccc1N. The van der Waals surface area contributed by atoms with Gasteiger partial charge in [-0.2, -0.15) is 5.41 Å². The van der Waals surface area contributed by atoms with E-state index in [2.05, 4.69) is 10.1 Å². The Balaban J connectivity index is 1.65. The molecule has 2 heterocycles. The lowest BCUT2D eigenvalue weighted by atomic mass is 10.1. The second-order valence-electron chi connectivity index (χ2n) is 6.34. The van der Waals surface area contributed by atoms with Gasteiger partial charge in [0.15, 0.2) is 11.6 Å². The molecule has 0 fully saturated rings. The van der Waals surface area contributed by atoms with Crippen LogP contribution in [-0.4, -0.2) is 15.9 Å². The summed E-state index contributed by atoms with van der Waals surface area (Å²) in [6.07, 6.45) is 2.03. The summed E-state index contributed by atoms with van der Waals surface area (Å²) >= 11 is 0. The highest BCUT2D eigenvalue weighted by Crippen LogP contribution is 2.19. The van der Waals surface area contributed by atoms with Gasteiger partial charge in [0.1, 0.15) is 5.69 Å². The first-order valence-corrected chi connectivity index (χ1v) is 8.57. The van der Waals surface area contributed by atoms with Crippen molar-refractivity contribution in [1.29, 1.82) is 5.41 Å². The number of nitrogens with zero attached hydrogens (tertiary/aromatic N) is 3. The molecule has 0 radical (unpaired) electrons. The molecule has 0 amide bonds. The number of fused-ring (bicyclic) bond motifs is 1. The maximum atomic E-state index is 13.5. The van der Waals surface area contributed by atoms with E-state index in [1.165, 1.54) is 10.7 Å². The standard InChI is InChI=1S/C21H15F2N5/c22-16-5-4-15(12-17(16)23)19-7-8-20(24)28(27-19)21(25)11-13-3-6-18-14(10-13)2-1-9-26-18/h1-10,12,24-25H,11H2/p+1. The molecule has 0 saturated carbocycles. The van der Waals surface area contributed by atoms with Crippen molar-refractivity contribution in [3.63, 3.8) is 0 Å². The first kappa shape index (κ1) is 17.7. The lowest BCUT2D eigenvalue weighted by molar-refractivity contribution is -0.608. The molecule has 0 aliphatic rings. The average Bonchev–Trinajstić information content (AvgIpc) is 2.70. The third kappa shape index (κ3) is 3.42. The van der Waals surface area contributed by atoms with Crippen LogP contribution in [-0.2, 0) is 6.42 Å². The molecule has 5 nitrogen and oxygen atoms in total. The van der Waals surface area contributed by atoms with Crippen molar-refractivity contribution >= 4 is 22.6 Å². The number of benzene rings is 2. The summed E-state index contributed by atoms with van der Waals surface area (Å²) in [7, 11) is 0. The third-order valence-electron chi connectivity index (χ3n) is 4.37. The van der Waals surface area contributed by atoms with Crippen molar-refractivity contribution in [3.8, 4) is 11.3 Å². The highest BCUT2D eigenvalue weighted by atomic mass is 19.2. The van der Waals surface area contributed by atoms with Gasteiger partial charge in [-0.25, -0.2) is 8.78 Å². The fraction of sp³-hybridized carbons (Fsp3) is 0.0476. The van der Waals surface area contributed by atoms with Crippen LogP contribution < -0.4 is 10.4 Å². The molecule has 0 aliphatic heterocycles. The summed E-state index contributed by atoms with van der Waals surface area (Å²) in [5.41, 5.74) is 8.56. The largest absolute Gasteiger partial charge is 0.317 e. The Kier molecular flexibility index (Phi) is 4.49. The Morgan fingerprint density at radius 1 is 1.00 bits per heavy atom. The third-order valence-corrected chi connectivity index (χ3v) is 4.37. The fourth-order valence-electron chi connectivity index (χ4n) is 2.96. The van der Waals surface area contributed by atoms with Crippen LogP contribution in [0.1, 0.15) is 5.56 Å². The van der Waals surface area contributed by atoms with E-state index in [0.29, 0.717) is 17.7 Å². The maximum Gasteiger partial charge on any atom is 0.258 e. The van der Waals surface area contributed by atoms with E-state index in [1.807, 2.05) is 30.3 Å². The van der Waals surface area contributed by atoms with Crippen LogP contribution in [0.2, 0.25) is 0 Å². The Morgan fingerprint density at radius 3 is 2.68 bits per heavy atom. The smallest absolute Gasteiger partial charge is 0.258 e. The van der Waals surface area contributed by atoms with Gasteiger partial charge >= 0.3 is 0 Å². The zero-order chi connectivity index (χ0) is 19.7. The van der Waals surface area contributed by atoms with E-state index in [4.69, 9.17) is 11.1 Å². The van der Waals surface area contributed by atoms with Crippen LogP contribution in [0, 0.1) is 17.0 Å². The highest BCUT2D eigenvalue weighted by molar-refractivity contribution is 5.81.